The first kappa shape index (κ1) is 12.5. The predicted octanol–water partition coefficient (Wildman–Crippen LogP) is 2.51. The van der Waals surface area contributed by atoms with Gasteiger partial charge in [-0.3, -0.25) is 0 Å². The molecule has 0 fully saturated rings. The minimum Gasteiger partial charge on any atom is -0.495 e. The highest BCUT2D eigenvalue weighted by Gasteiger charge is 2.20. The number of nitrogens with zero attached hydrogens (tertiary/aromatic N) is 1. The molecule has 1 aromatic carbocycles. The SMILES string of the molecule is CCOC(=O)c1c(Br)ccc(OC)c1C#N. The van der Waals surface area contributed by atoms with Crippen LogP contribution >= 0.6 is 15.9 Å². The Morgan fingerprint density at radius 3 is 2.75 bits per heavy atom. The first-order valence-electron chi connectivity index (χ1n) is 4.59. The Morgan fingerprint density at radius 1 is 1.56 bits per heavy atom. The molecule has 0 N–H and O–H groups in total. The minimum atomic E-state index is -0.537. The van der Waals surface area contributed by atoms with Gasteiger partial charge in [0.1, 0.15) is 17.4 Å². The summed E-state index contributed by atoms with van der Waals surface area (Å²) in [5.41, 5.74) is 0.374. The van der Waals surface area contributed by atoms with Gasteiger partial charge < -0.3 is 9.47 Å². The van der Waals surface area contributed by atoms with Crippen LogP contribution < -0.4 is 4.74 Å². The molecule has 1 aromatic rings. The molecular weight excluding hydrogens is 274 g/mol. The summed E-state index contributed by atoms with van der Waals surface area (Å²) in [4.78, 5) is 11.7. The minimum absolute atomic E-state index is 0.176. The molecule has 0 aromatic heterocycles. The van der Waals surface area contributed by atoms with Gasteiger partial charge in [0.2, 0.25) is 0 Å². The number of ether oxygens (including phenoxy) is 2. The summed E-state index contributed by atoms with van der Waals surface area (Å²) >= 11 is 3.21. The van der Waals surface area contributed by atoms with Crippen molar-refractivity contribution in [3.63, 3.8) is 0 Å². The van der Waals surface area contributed by atoms with Gasteiger partial charge in [0.25, 0.3) is 0 Å². The van der Waals surface area contributed by atoms with E-state index in [4.69, 9.17) is 14.7 Å². The fourth-order valence-electron chi connectivity index (χ4n) is 1.24. The van der Waals surface area contributed by atoms with E-state index < -0.39 is 5.97 Å². The molecule has 0 radical (unpaired) electrons. The quantitative estimate of drug-likeness (QED) is 0.800. The molecule has 0 unspecified atom stereocenters. The zero-order valence-electron chi connectivity index (χ0n) is 8.91. The summed E-state index contributed by atoms with van der Waals surface area (Å²) in [6.45, 7) is 1.96. The lowest BCUT2D eigenvalue weighted by Crippen LogP contribution is -2.09. The van der Waals surface area contributed by atoms with Crippen LogP contribution in [0, 0.1) is 11.3 Å². The summed E-state index contributed by atoms with van der Waals surface area (Å²) in [5.74, 6) is -0.182. The summed E-state index contributed by atoms with van der Waals surface area (Å²) in [5, 5.41) is 9.01. The maximum absolute atomic E-state index is 11.7. The molecule has 4 nitrogen and oxygen atoms in total. The highest BCUT2D eigenvalue weighted by molar-refractivity contribution is 9.10. The second-order valence-corrected chi connectivity index (χ2v) is 3.69. The standard InChI is InChI=1S/C11H10BrNO3/c1-3-16-11(14)10-7(6-13)9(15-2)5-4-8(10)12/h4-5H,3H2,1-2H3. The van der Waals surface area contributed by atoms with Crippen LogP contribution in [0.5, 0.6) is 5.75 Å². The van der Waals surface area contributed by atoms with Gasteiger partial charge in [-0.15, -0.1) is 0 Å². The third-order valence-corrected chi connectivity index (χ3v) is 2.59. The average molecular weight is 284 g/mol. The molecule has 0 aliphatic carbocycles. The van der Waals surface area contributed by atoms with Crippen LogP contribution in [-0.4, -0.2) is 19.7 Å². The molecule has 0 heterocycles. The second kappa shape index (κ2) is 5.52. The van der Waals surface area contributed by atoms with Gasteiger partial charge in [-0.2, -0.15) is 5.26 Å². The zero-order chi connectivity index (χ0) is 12.1. The Balaban J connectivity index is 3.35. The number of rotatable bonds is 3. The van der Waals surface area contributed by atoms with Crippen LogP contribution in [0.2, 0.25) is 0 Å². The molecule has 0 aliphatic rings. The molecule has 0 spiro atoms. The van der Waals surface area contributed by atoms with Crippen molar-refractivity contribution < 1.29 is 14.3 Å². The number of carbonyl (C=O) groups is 1. The molecular formula is C11H10BrNO3. The number of hydrogen-bond acceptors (Lipinski definition) is 4. The first-order valence-corrected chi connectivity index (χ1v) is 5.38. The highest BCUT2D eigenvalue weighted by Crippen LogP contribution is 2.28. The summed E-state index contributed by atoms with van der Waals surface area (Å²) < 4.78 is 10.4. The fraction of sp³-hybridized carbons (Fsp3) is 0.273. The summed E-state index contributed by atoms with van der Waals surface area (Å²) in [6, 6.07) is 5.20. The maximum atomic E-state index is 11.7. The van der Waals surface area contributed by atoms with E-state index in [1.54, 1.807) is 19.1 Å². The van der Waals surface area contributed by atoms with E-state index >= 15 is 0 Å². The molecule has 0 saturated carbocycles. The van der Waals surface area contributed by atoms with Crippen molar-refractivity contribution in [3.05, 3.63) is 27.7 Å². The van der Waals surface area contributed by atoms with Gasteiger partial charge in [0, 0.05) is 4.47 Å². The molecule has 0 saturated heterocycles. The average Bonchev–Trinajstić information content (AvgIpc) is 2.28. The maximum Gasteiger partial charge on any atom is 0.340 e. The van der Waals surface area contributed by atoms with Crippen molar-refractivity contribution in [1.82, 2.24) is 0 Å². The molecule has 16 heavy (non-hydrogen) atoms. The van der Waals surface area contributed by atoms with Crippen LogP contribution in [0.4, 0.5) is 0 Å². The largest absolute Gasteiger partial charge is 0.495 e. The monoisotopic (exact) mass is 283 g/mol. The topological polar surface area (TPSA) is 59.3 Å². The smallest absolute Gasteiger partial charge is 0.340 e. The van der Waals surface area contributed by atoms with Gasteiger partial charge in [0.05, 0.1) is 19.3 Å². The molecule has 0 aliphatic heterocycles. The Labute approximate surface area is 102 Å². The summed E-state index contributed by atoms with van der Waals surface area (Å²) in [6.07, 6.45) is 0. The van der Waals surface area contributed by atoms with E-state index in [-0.39, 0.29) is 17.7 Å². The molecule has 0 bridgehead atoms. The Bertz CT molecular complexity index is 451. The lowest BCUT2D eigenvalue weighted by Gasteiger charge is -2.09. The fourth-order valence-corrected chi connectivity index (χ4v) is 1.73. The van der Waals surface area contributed by atoms with Crippen molar-refractivity contribution in [2.75, 3.05) is 13.7 Å². The van der Waals surface area contributed by atoms with Crippen LogP contribution in [-0.2, 0) is 4.74 Å². The van der Waals surface area contributed by atoms with Crippen LogP contribution in [0.15, 0.2) is 16.6 Å². The van der Waals surface area contributed by atoms with Crippen LogP contribution in [0.3, 0.4) is 0 Å². The number of esters is 1. The van der Waals surface area contributed by atoms with Gasteiger partial charge in [0.15, 0.2) is 0 Å². The van der Waals surface area contributed by atoms with E-state index in [9.17, 15) is 4.79 Å². The van der Waals surface area contributed by atoms with Gasteiger partial charge >= 0.3 is 5.97 Å². The number of benzene rings is 1. The predicted molar refractivity (Wildman–Crippen MR) is 61.4 cm³/mol. The Hall–Kier alpha value is -1.54. The van der Waals surface area contributed by atoms with E-state index in [2.05, 4.69) is 15.9 Å². The van der Waals surface area contributed by atoms with E-state index in [1.807, 2.05) is 6.07 Å². The number of halogens is 1. The van der Waals surface area contributed by atoms with E-state index in [1.165, 1.54) is 7.11 Å². The summed E-state index contributed by atoms with van der Waals surface area (Å²) in [7, 11) is 1.44. The highest BCUT2D eigenvalue weighted by atomic mass is 79.9. The van der Waals surface area contributed by atoms with Gasteiger partial charge in [-0.25, -0.2) is 4.79 Å². The van der Waals surface area contributed by atoms with Gasteiger partial charge in [-0.05, 0) is 35.0 Å². The lowest BCUT2D eigenvalue weighted by atomic mass is 10.1. The normalized spacial score (nSPS) is 9.38. The number of methoxy groups -OCH3 is 1. The van der Waals surface area contributed by atoms with Crippen LogP contribution in [0.25, 0.3) is 0 Å². The molecule has 0 atom stereocenters. The number of nitriles is 1. The van der Waals surface area contributed by atoms with Crippen molar-refractivity contribution in [1.29, 1.82) is 5.26 Å². The van der Waals surface area contributed by atoms with Crippen molar-refractivity contribution in [3.8, 4) is 11.8 Å². The number of carbonyl (C=O) groups excluding carboxylic acids is 1. The molecule has 5 heteroatoms. The number of hydrogen-bond donors (Lipinski definition) is 0. The molecule has 0 amide bonds. The third-order valence-electron chi connectivity index (χ3n) is 1.93. The van der Waals surface area contributed by atoms with Gasteiger partial charge in [-0.1, -0.05) is 0 Å². The third kappa shape index (κ3) is 2.34. The lowest BCUT2D eigenvalue weighted by molar-refractivity contribution is 0.0524. The van der Waals surface area contributed by atoms with E-state index in [0.29, 0.717) is 10.2 Å². The second-order valence-electron chi connectivity index (χ2n) is 2.83. The first-order chi connectivity index (χ1) is 7.65. The molecule has 84 valence electrons. The molecule has 1 rings (SSSR count). The Morgan fingerprint density at radius 2 is 2.25 bits per heavy atom. The van der Waals surface area contributed by atoms with Crippen molar-refractivity contribution in [2.45, 2.75) is 6.92 Å². The Kier molecular flexibility index (Phi) is 4.32. The van der Waals surface area contributed by atoms with Crippen LogP contribution in [0.1, 0.15) is 22.8 Å². The zero-order valence-corrected chi connectivity index (χ0v) is 10.5. The van der Waals surface area contributed by atoms with Crippen molar-refractivity contribution >= 4 is 21.9 Å². The van der Waals surface area contributed by atoms with E-state index in [0.717, 1.165) is 0 Å². The van der Waals surface area contributed by atoms with Crippen molar-refractivity contribution in [2.24, 2.45) is 0 Å².